The van der Waals surface area contributed by atoms with Crippen LogP contribution in [0.1, 0.15) is 57.9 Å². The summed E-state index contributed by atoms with van der Waals surface area (Å²) in [5.41, 5.74) is 1.11. The zero-order valence-corrected chi connectivity index (χ0v) is 20.2. The molecule has 0 radical (unpaired) electrons. The maximum Gasteiger partial charge on any atom is 0.246 e. The maximum atomic E-state index is 12.9. The molecule has 0 saturated heterocycles. The summed E-state index contributed by atoms with van der Waals surface area (Å²) in [7, 11) is 1.97. The molecule has 4 nitrogen and oxygen atoms in total. The average molecular weight is 455 g/mol. The summed E-state index contributed by atoms with van der Waals surface area (Å²) in [6, 6.07) is 8.17. The van der Waals surface area contributed by atoms with Gasteiger partial charge in [-0.2, -0.15) is 0 Å². The van der Waals surface area contributed by atoms with E-state index in [0.717, 1.165) is 24.8 Å². The monoisotopic (exact) mass is 454 g/mol. The van der Waals surface area contributed by atoms with Crippen LogP contribution in [0.25, 0.3) is 0 Å². The van der Waals surface area contributed by atoms with Crippen LogP contribution in [0.2, 0.25) is 5.02 Å². The second kappa shape index (κ2) is 7.90. The van der Waals surface area contributed by atoms with Gasteiger partial charge in [0.05, 0.1) is 6.42 Å². The molecule has 0 bridgehead atoms. The Labute approximate surface area is 196 Å². The molecule has 2 unspecified atom stereocenters. The second-order valence-electron chi connectivity index (χ2n) is 11.1. The standard InChI is InChI=1S/C27H35ClN2O2/c1-26-14-12-20-18(8-11-23-27(20,2)15-13-25(32)30(23)3)19(26)9-10-22(26)29-24(31)16-17-6-4-5-7-21(17)28/h4-7,13,15,18-20,22-23H,8-12,14,16H2,1-3H3,(H,29,31)/t18-,19-,20+,22?,23?,26-,27+/m0/s1. The first-order valence-corrected chi connectivity index (χ1v) is 12.6. The minimum atomic E-state index is 0.0678. The highest BCUT2D eigenvalue weighted by Gasteiger charge is 2.60. The molecule has 0 aromatic heterocycles. The normalized spacial score (nSPS) is 40.4. The van der Waals surface area contributed by atoms with Gasteiger partial charge in [0.25, 0.3) is 0 Å². The molecule has 3 fully saturated rings. The van der Waals surface area contributed by atoms with Gasteiger partial charge in [-0.1, -0.05) is 49.7 Å². The quantitative estimate of drug-likeness (QED) is 0.698. The highest BCUT2D eigenvalue weighted by atomic mass is 35.5. The summed E-state index contributed by atoms with van der Waals surface area (Å²) in [5, 5.41) is 4.06. The number of hydrogen-bond acceptors (Lipinski definition) is 2. The van der Waals surface area contributed by atoms with Crippen LogP contribution < -0.4 is 5.32 Å². The molecular weight excluding hydrogens is 420 g/mol. The third kappa shape index (κ3) is 3.32. The van der Waals surface area contributed by atoms with E-state index >= 15 is 0 Å². The topological polar surface area (TPSA) is 49.4 Å². The van der Waals surface area contributed by atoms with Crippen molar-refractivity contribution in [2.75, 3.05) is 7.05 Å². The molecule has 3 aliphatic carbocycles. The summed E-state index contributed by atoms with van der Waals surface area (Å²) in [5.74, 6) is 2.16. The van der Waals surface area contributed by atoms with Crippen LogP contribution in [0.15, 0.2) is 36.4 Å². The molecule has 1 heterocycles. The van der Waals surface area contributed by atoms with Crippen LogP contribution >= 0.6 is 11.6 Å². The molecule has 0 spiro atoms. The lowest BCUT2D eigenvalue weighted by Gasteiger charge is -2.60. The predicted molar refractivity (Wildman–Crippen MR) is 127 cm³/mol. The lowest BCUT2D eigenvalue weighted by Crippen LogP contribution is -2.60. The number of benzene rings is 1. The number of rotatable bonds is 3. The third-order valence-corrected chi connectivity index (χ3v) is 10.1. The Bertz CT molecular complexity index is 961. The number of hydrogen-bond donors (Lipinski definition) is 1. The van der Waals surface area contributed by atoms with Crippen LogP contribution in [0.3, 0.4) is 0 Å². The summed E-state index contributed by atoms with van der Waals surface area (Å²) in [6.45, 7) is 4.80. The van der Waals surface area contributed by atoms with Crippen molar-refractivity contribution in [1.82, 2.24) is 10.2 Å². The van der Waals surface area contributed by atoms with E-state index in [0.29, 0.717) is 35.2 Å². The lowest BCUT2D eigenvalue weighted by molar-refractivity contribution is -0.138. The maximum absolute atomic E-state index is 12.9. The molecule has 2 amide bonds. The van der Waals surface area contributed by atoms with Crippen molar-refractivity contribution < 1.29 is 9.59 Å². The third-order valence-electron chi connectivity index (χ3n) is 9.77. The fraction of sp³-hybridized carbons (Fsp3) is 0.630. The predicted octanol–water partition coefficient (Wildman–Crippen LogP) is 5.01. The Morgan fingerprint density at radius 3 is 2.69 bits per heavy atom. The first-order valence-electron chi connectivity index (χ1n) is 12.2. The van der Waals surface area contributed by atoms with Gasteiger partial charge in [-0.15, -0.1) is 0 Å². The van der Waals surface area contributed by atoms with Crippen molar-refractivity contribution in [1.29, 1.82) is 0 Å². The Morgan fingerprint density at radius 1 is 1.12 bits per heavy atom. The van der Waals surface area contributed by atoms with Crippen LogP contribution in [0.5, 0.6) is 0 Å². The van der Waals surface area contributed by atoms with Crippen molar-refractivity contribution in [3.05, 3.63) is 47.0 Å². The van der Waals surface area contributed by atoms with Crippen molar-refractivity contribution >= 4 is 23.4 Å². The second-order valence-corrected chi connectivity index (χ2v) is 11.5. The van der Waals surface area contributed by atoms with Crippen molar-refractivity contribution in [2.45, 2.75) is 70.9 Å². The molecule has 1 aromatic rings. The highest BCUT2D eigenvalue weighted by Crippen LogP contribution is 2.63. The molecule has 3 saturated carbocycles. The molecular formula is C27H35ClN2O2. The van der Waals surface area contributed by atoms with Gasteiger partial charge in [0.1, 0.15) is 0 Å². The van der Waals surface area contributed by atoms with Gasteiger partial charge in [0.2, 0.25) is 11.8 Å². The zero-order chi connectivity index (χ0) is 22.7. The number of halogens is 1. The van der Waals surface area contributed by atoms with E-state index in [2.05, 4.69) is 25.2 Å². The first kappa shape index (κ1) is 22.0. The minimum Gasteiger partial charge on any atom is -0.353 e. The van der Waals surface area contributed by atoms with Crippen molar-refractivity contribution in [3.8, 4) is 0 Å². The van der Waals surface area contributed by atoms with Crippen LogP contribution in [-0.2, 0) is 16.0 Å². The Hall–Kier alpha value is -1.81. The Balaban J connectivity index is 1.32. The smallest absolute Gasteiger partial charge is 0.246 e. The molecule has 1 aliphatic heterocycles. The Morgan fingerprint density at radius 2 is 1.91 bits per heavy atom. The van der Waals surface area contributed by atoms with Gasteiger partial charge >= 0.3 is 0 Å². The Kier molecular flexibility index (Phi) is 5.43. The average Bonchev–Trinajstić information content (AvgIpc) is 3.09. The number of amides is 2. The van der Waals surface area contributed by atoms with Crippen molar-refractivity contribution in [2.24, 2.45) is 28.6 Å². The fourth-order valence-electron chi connectivity index (χ4n) is 8.04. The molecule has 1 aromatic carbocycles. The molecule has 5 rings (SSSR count). The van der Waals surface area contributed by atoms with E-state index in [1.165, 1.54) is 19.3 Å². The first-order chi connectivity index (χ1) is 15.2. The number of nitrogens with zero attached hydrogens (tertiary/aromatic N) is 1. The van der Waals surface area contributed by atoms with Crippen LogP contribution in [0.4, 0.5) is 0 Å². The zero-order valence-electron chi connectivity index (χ0n) is 19.4. The van der Waals surface area contributed by atoms with E-state index in [4.69, 9.17) is 11.6 Å². The van der Waals surface area contributed by atoms with Gasteiger partial charge < -0.3 is 10.2 Å². The van der Waals surface area contributed by atoms with Crippen molar-refractivity contribution in [3.63, 3.8) is 0 Å². The number of fused-ring (bicyclic) bond motifs is 5. The fourth-order valence-corrected chi connectivity index (χ4v) is 8.24. The summed E-state index contributed by atoms with van der Waals surface area (Å²) in [4.78, 5) is 27.2. The van der Waals surface area contributed by atoms with Gasteiger partial charge in [0.15, 0.2) is 0 Å². The molecule has 32 heavy (non-hydrogen) atoms. The number of carbonyl (C=O) groups excluding carboxylic acids is 2. The van der Waals surface area contributed by atoms with Gasteiger partial charge in [-0.25, -0.2) is 0 Å². The number of likely N-dealkylation sites (N-methyl/N-ethyl adjacent to an activating group) is 1. The molecule has 172 valence electrons. The SMILES string of the molecule is CN1C(=O)C=C[C@@]2(C)C1CC[C@@H]1[C@H]2CC[C@]2(C)C(NC(=O)Cc3ccccc3Cl)CC[C@@H]12. The summed E-state index contributed by atoms with van der Waals surface area (Å²) < 4.78 is 0. The van der Waals surface area contributed by atoms with Gasteiger partial charge in [-0.05, 0) is 79.4 Å². The van der Waals surface area contributed by atoms with Crippen LogP contribution in [-0.4, -0.2) is 35.8 Å². The van der Waals surface area contributed by atoms with Crippen LogP contribution in [0, 0.1) is 28.6 Å². The van der Waals surface area contributed by atoms with E-state index < -0.39 is 0 Å². The summed E-state index contributed by atoms with van der Waals surface area (Å²) >= 11 is 6.28. The molecule has 5 heteroatoms. The largest absolute Gasteiger partial charge is 0.353 e. The van der Waals surface area contributed by atoms with E-state index in [1.807, 2.05) is 36.2 Å². The number of nitrogens with one attached hydrogen (secondary N) is 1. The highest BCUT2D eigenvalue weighted by molar-refractivity contribution is 6.31. The minimum absolute atomic E-state index is 0.0678. The molecule has 7 atom stereocenters. The molecule has 4 aliphatic rings. The summed E-state index contributed by atoms with van der Waals surface area (Å²) in [6.07, 6.45) is 11.2. The van der Waals surface area contributed by atoms with Gasteiger partial charge in [-0.3, -0.25) is 9.59 Å². The number of carbonyl (C=O) groups is 2. The van der Waals surface area contributed by atoms with E-state index in [9.17, 15) is 9.59 Å². The lowest BCUT2D eigenvalue weighted by atomic mass is 9.48. The van der Waals surface area contributed by atoms with E-state index in [1.54, 1.807) is 6.08 Å². The van der Waals surface area contributed by atoms with E-state index in [-0.39, 0.29) is 28.7 Å². The molecule has 1 N–H and O–H groups in total. The van der Waals surface area contributed by atoms with Gasteiger partial charge in [0, 0.05) is 29.6 Å².